The number of hydrogen-bond acceptors (Lipinski definition) is 4. The van der Waals surface area contributed by atoms with Crippen molar-refractivity contribution in [2.45, 2.75) is 13.0 Å². The lowest BCUT2D eigenvalue weighted by Gasteiger charge is -2.21. The molecule has 2 aromatic carbocycles. The normalized spacial score (nSPS) is 13.9. The fourth-order valence-electron chi connectivity index (χ4n) is 2.43. The van der Waals surface area contributed by atoms with E-state index in [9.17, 15) is 4.79 Å². The first kappa shape index (κ1) is 17.7. The monoisotopic (exact) mass is 381 g/mol. The quantitative estimate of drug-likeness (QED) is 0.849. The number of ether oxygens (including phenoxy) is 3. The summed E-state index contributed by atoms with van der Waals surface area (Å²) < 4.78 is 16.5. The van der Waals surface area contributed by atoms with Gasteiger partial charge >= 0.3 is 0 Å². The third-order valence-corrected chi connectivity index (χ3v) is 4.23. The van der Waals surface area contributed by atoms with E-state index in [4.69, 9.17) is 37.4 Å². The van der Waals surface area contributed by atoms with Gasteiger partial charge in [-0.15, -0.1) is 0 Å². The van der Waals surface area contributed by atoms with Crippen molar-refractivity contribution in [3.05, 3.63) is 52.0 Å². The fraction of sp³-hybridized carbons (Fsp3) is 0.278. The second-order valence-electron chi connectivity index (χ2n) is 5.56. The summed E-state index contributed by atoms with van der Waals surface area (Å²) in [5.74, 6) is 1.56. The van der Waals surface area contributed by atoms with Crippen LogP contribution in [0.15, 0.2) is 36.4 Å². The molecule has 5 nitrogen and oxygen atoms in total. The van der Waals surface area contributed by atoms with E-state index in [1.54, 1.807) is 18.2 Å². The first-order chi connectivity index (χ1) is 12.0. The summed E-state index contributed by atoms with van der Waals surface area (Å²) in [5, 5.41) is 3.74. The lowest BCUT2D eigenvalue weighted by Crippen LogP contribution is -2.31. The molecule has 1 amide bonds. The van der Waals surface area contributed by atoms with E-state index in [0.717, 1.165) is 5.56 Å². The van der Waals surface area contributed by atoms with Crippen molar-refractivity contribution in [1.29, 1.82) is 0 Å². The molecule has 0 aromatic heterocycles. The molecule has 0 radical (unpaired) electrons. The molecule has 25 heavy (non-hydrogen) atoms. The Kier molecular flexibility index (Phi) is 5.56. The van der Waals surface area contributed by atoms with Crippen molar-refractivity contribution < 1.29 is 19.0 Å². The van der Waals surface area contributed by atoms with Crippen LogP contribution in [-0.4, -0.2) is 25.7 Å². The van der Waals surface area contributed by atoms with Crippen LogP contribution in [0.1, 0.15) is 18.5 Å². The standard InChI is InChI=1S/C18H17Cl2NO4/c1-11(12-2-4-16-17(8-12)24-7-6-23-16)21-18(22)10-25-15-5-3-13(19)9-14(15)20/h2-5,8-9,11H,6-7,10H2,1H3,(H,21,22). The number of fused-ring (bicyclic) bond motifs is 1. The Labute approximate surface area is 155 Å². The summed E-state index contributed by atoms with van der Waals surface area (Å²) in [6.07, 6.45) is 0. The molecule has 0 saturated carbocycles. The summed E-state index contributed by atoms with van der Waals surface area (Å²) in [6, 6.07) is 10.3. The summed E-state index contributed by atoms with van der Waals surface area (Å²) in [6.45, 7) is 2.81. The highest BCUT2D eigenvalue weighted by Gasteiger charge is 2.16. The van der Waals surface area contributed by atoms with Crippen molar-refractivity contribution in [2.24, 2.45) is 0 Å². The second kappa shape index (κ2) is 7.85. The maximum Gasteiger partial charge on any atom is 0.258 e. The minimum absolute atomic E-state index is 0.143. The van der Waals surface area contributed by atoms with E-state index in [-0.39, 0.29) is 18.6 Å². The summed E-state index contributed by atoms with van der Waals surface area (Å²) in [7, 11) is 0. The number of halogens is 2. The summed E-state index contributed by atoms with van der Waals surface area (Å²) >= 11 is 11.8. The average molecular weight is 382 g/mol. The summed E-state index contributed by atoms with van der Waals surface area (Å²) in [4.78, 5) is 12.1. The molecule has 0 bridgehead atoms. The fourth-order valence-corrected chi connectivity index (χ4v) is 2.89. The Bertz CT molecular complexity index is 782. The van der Waals surface area contributed by atoms with Crippen molar-refractivity contribution in [2.75, 3.05) is 19.8 Å². The van der Waals surface area contributed by atoms with Crippen LogP contribution < -0.4 is 19.5 Å². The molecule has 1 unspecified atom stereocenters. The SMILES string of the molecule is CC(NC(=O)COc1ccc(Cl)cc1Cl)c1ccc2c(c1)OCCO2. The van der Waals surface area contributed by atoms with Gasteiger partial charge < -0.3 is 19.5 Å². The molecule has 7 heteroatoms. The highest BCUT2D eigenvalue weighted by Crippen LogP contribution is 2.32. The summed E-state index contributed by atoms with van der Waals surface area (Å²) in [5.41, 5.74) is 0.919. The maximum absolute atomic E-state index is 12.1. The molecule has 2 aromatic rings. The highest BCUT2D eigenvalue weighted by molar-refractivity contribution is 6.35. The number of benzene rings is 2. The van der Waals surface area contributed by atoms with Gasteiger partial charge in [0.15, 0.2) is 18.1 Å². The molecule has 1 heterocycles. The number of carbonyl (C=O) groups is 1. The van der Waals surface area contributed by atoms with E-state index < -0.39 is 0 Å². The van der Waals surface area contributed by atoms with E-state index >= 15 is 0 Å². The maximum atomic E-state index is 12.1. The predicted octanol–water partition coefficient (Wildman–Crippen LogP) is 4.02. The van der Waals surface area contributed by atoms with Gasteiger partial charge in [0.2, 0.25) is 0 Å². The van der Waals surface area contributed by atoms with Crippen LogP contribution in [0, 0.1) is 0 Å². The molecule has 0 fully saturated rings. The van der Waals surface area contributed by atoms with Gasteiger partial charge in [-0.3, -0.25) is 4.79 Å². The van der Waals surface area contributed by atoms with Gasteiger partial charge in [-0.1, -0.05) is 29.3 Å². The number of hydrogen-bond donors (Lipinski definition) is 1. The Morgan fingerprint density at radius 1 is 1.16 bits per heavy atom. The number of amides is 1. The topological polar surface area (TPSA) is 56.8 Å². The predicted molar refractivity (Wildman–Crippen MR) is 95.9 cm³/mol. The van der Waals surface area contributed by atoms with Crippen molar-refractivity contribution >= 4 is 29.1 Å². The van der Waals surface area contributed by atoms with Crippen molar-refractivity contribution in [3.63, 3.8) is 0 Å². The molecular weight excluding hydrogens is 365 g/mol. The Morgan fingerprint density at radius 3 is 2.68 bits per heavy atom. The van der Waals surface area contributed by atoms with Crippen LogP contribution in [0.3, 0.4) is 0 Å². The molecular formula is C18H17Cl2NO4. The largest absolute Gasteiger partial charge is 0.486 e. The zero-order chi connectivity index (χ0) is 17.8. The Balaban J connectivity index is 1.57. The highest BCUT2D eigenvalue weighted by atomic mass is 35.5. The van der Waals surface area contributed by atoms with Crippen molar-refractivity contribution in [3.8, 4) is 17.2 Å². The molecule has 0 aliphatic carbocycles. The van der Waals surface area contributed by atoms with Crippen LogP contribution >= 0.6 is 23.2 Å². The molecule has 132 valence electrons. The van der Waals surface area contributed by atoms with E-state index in [0.29, 0.717) is 40.5 Å². The van der Waals surface area contributed by atoms with Crippen molar-refractivity contribution in [1.82, 2.24) is 5.32 Å². The third-order valence-electron chi connectivity index (χ3n) is 3.70. The Morgan fingerprint density at radius 2 is 1.92 bits per heavy atom. The van der Waals surface area contributed by atoms with Crippen LogP contribution in [0.2, 0.25) is 10.0 Å². The van der Waals surface area contributed by atoms with Crippen LogP contribution in [0.4, 0.5) is 0 Å². The third kappa shape index (κ3) is 4.50. The molecule has 0 saturated heterocycles. The first-order valence-electron chi connectivity index (χ1n) is 7.79. The van der Waals surface area contributed by atoms with Gasteiger partial charge in [0, 0.05) is 5.02 Å². The minimum atomic E-state index is -0.256. The van der Waals surface area contributed by atoms with E-state index in [1.807, 2.05) is 25.1 Å². The molecule has 1 N–H and O–H groups in total. The second-order valence-corrected chi connectivity index (χ2v) is 6.40. The zero-order valence-corrected chi connectivity index (χ0v) is 15.1. The van der Waals surface area contributed by atoms with Gasteiger partial charge in [0.25, 0.3) is 5.91 Å². The van der Waals surface area contributed by atoms with E-state index in [1.165, 1.54) is 0 Å². The molecule has 3 rings (SSSR count). The molecule has 1 aliphatic heterocycles. The van der Waals surface area contributed by atoms with Gasteiger partial charge in [0.1, 0.15) is 19.0 Å². The van der Waals surface area contributed by atoms with Crippen LogP contribution in [0.5, 0.6) is 17.2 Å². The zero-order valence-electron chi connectivity index (χ0n) is 13.6. The number of carbonyl (C=O) groups excluding carboxylic acids is 1. The Hall–Kier alpha value is -2.11. The molecule has 0 spiro atoms. The smallest absolute Gasteiger partial charge is 0.258 e. The lowest BCUT2D eigenvalue weighted by atomic mass is 10.1. The van der Waals surface area contributed by atoms with E-state index in [2.05, 4.69) is 5.32 Å². The van der Waals surface area contributed by atoms with Crippen LogP contribution in [-0.2, 0) is 4.79 Å². The van der Waals surface area contributed by atoms with Gasteiger partial charge in [-0.2, -0.15) is 0 Å². The number of nitrogens with one attached hydrogen (secondary N) is 1. The number of rotatable bonds is 5. The minimum Gasteiger partial charge on any atom is -0.486 e. The van der Waals surface area contributed by atoms with Gasteiger partial charge in [-0.25, -0.2) is 0 Å². The molecule has 1 atom stereocenters. The van der Waals surface area contributed by atoms with Gasteiger partial charge in [-0.05, 0) is 42.8 Å². The average Bonchev–Trinajstić information content (AvgIpc) is 2.60. The molecule has 1 aliphatic rings. The lowest BCUT2D eigenvalue weighted by molar-refractivity contribution is -0.123. The van der Waals surface area contributed by atoms with Gasteiger partial charge in [0.05, 0.1) is 11.1 Å². The van der Waals surface area contributed by atoms with Crippen LogP contribution in [0.25, 0.3) is 0 Å². The first-order valence-corrected chi connectivity index (χ1v) is 8.55.